The van der Waals surface area contributed by atoms with Crippen LogP contribution in [0.5, 0.6) is 5.75 Å². The normalized spacial score (nSPS) is 14.6. The van der Waals surface area contributed by atoms with Crippen LogP contribution in [0.15, 0.2) is 36.4 Å². The van der Waals surface area contributed by atoms with Gasteiger partial charge < -0.3 is 15.3 Å². The maximum Gasteiger partial charge on any atom is 0.123 e. The molecule has 0 radical (unpaired) electrons. The summed E-state index contributed by atoms with van der Waals surface area (Å²) in [5.41, 5.74) is 0.623. The zero-order valence-electron chi connectivity index (χ0n) is 9.82. The lowest BCUT2D eigenvalue weighted by Gasteiger charge is -2.19. The summed E-state index contributed by atoms with van der Waals surface area (Å²) in [5.74, 6) is 0.680. The second-order valence-electron chi connectivity index (χ2n) is 4.24. The average Bonchev–Trinajstić information content (AvgIpc) is 2.39. The summed E-state index contributed by atoms with van der Waals surface area (Å²) < 4.78 is 0. The lowest BCUT2D eigenvalue weighted by Crippen LogP contribution is -2.18. The SMILES string of the molecule is Oc1ccc(C(O)C(O)CCS)c2ccccc12. The Morgan fingerprint density at radius 3 is 2.33 bits per heavy atom. The van der Waals surface area contributed by atoms with Gasteiger partial charge in [-0.15, -0.1) is 0 Å². The summed E-state index contributed by atoms with van der Waals surface area (Å²) in [7, 11) is 0. The van der Waals surface area contributed by atoms with Gasteiger partial charge in [0.05, 0.1) is 6.10 Å². The number of phenolic OH excluding ortho intramolecular Hbond substituents is 1. The standard InChI is InChI=1S/C14H16O3S/c15-12-6-5-11(14(17)13(16)7-8-18)9-3-1-2-4-10(9)12/h1-6,13-18H,7-8H2. The Morgan fingerprint density at radius 2 is 1.67 bits per heavy atom. The largest absolute Gasteiger partial charge is 0.507 e. The number of thiol groups is 1. The molecule has 2 unspecified atom stereocenters. The molecule has 0 amide bonds. The summed E-state index contributed by atoms with van der Waals surface area (Å²) in [5, 5.41) is 31.2. The van der Waals surface area contributed by atoms with Gasteiger partial charge in [-0.1, -0.05) is 30.3 Å². The molecule has 0 bridgehead atoms. The minimum atomic E-state index is -0.970. The topological polar surface area (TPSA) is 60.7 Å². The molecule has 0 saturated carbocycles. The molecular weight excluding hydrogens is 248 g/mol. The monoisotopic (exact) mass is 264 g/mol. The van der Waals surface area contributed by atoms with E-state index in [0.29, 0.717) is 23.1 Å². The van der Waals surface area contributed by atoms with Gasteiger partial charge in [-0.25, -0.2) is 0 Å². The number of aliphatic hydroxyl groups excluding tert-OH is 2. The third-order valence-electron chi connectivity index (χ3n) is 3.04. The Bertz CT molecular complexity index is 542. The molecule has 0 saturated heterocycles. The van der Waals surface area contributed by atoms with Crippen molar-refractivity contribution in [1.82, 2.24) is 0 Å². The molecular formula is C14H16O3S. The molecule has 0 aliphatic carbocycles. The molecule has 0 aromatic heterocycles. The molecule has 18 heavy (non-hydrogen) atoms. The number of benzene rings is 2. The lowest BCUT2D eigenvalue weighted by atomic mass is 9.96. The van der Waals surface area contributed by atoms with Crippen LogP contribution >= 0.6 is 12.6 Å². The molecule has 0 aliphatic rings. The minimum absolute atomic E-state index is 0.172. The van der Waals surface area contributed by atoms with Crippen LogP contribution < -0.4 is 0 Å². The van der Waals surface area contributed by atoms with Crippen LogP contribution in [0.2, 0.25) is 0 Å². The third kappa shape index (κ3) is 2.46. The van der Waals surface area contributed by atoms with Crippen LogP contribution in [-0.4, -0.2) is 27.2 Å². The van der Waals surface area contributed by atoms with E-state index in [0.717, 1.165) is 5.39 Å². The van der Waals surface area contributed by atoms with Gasteiger partial charge in [0.25, 0.3) is 0 Å². The van der Waals surface area contributed by atoms with Gasteiger partial charge in [0.15, 0.2) is 0 Å². The highest BCUT2D eigenvalue weighted by molar-refractivity contribution is 7.80. The Labute approximate surface area is 111 Å². The zero-order chi connectivity index (χ0) is 13.1. The maximum absolute atomic E-state index is 10.1. The first kappa shape index (κ1) is 13.2. The van der Waals surface area contributed by atoms with Crippen molar-refractivity contribution >= 4 is 23.4 Å². The van der Waals surface area contributed by atoms with Crippen molar-refractivity contribution in [1.29, 1.82) is 0 Å². The van der Waals surface area contributed by atoms with E-state index in [1.165, 1.54) is 6.07 Å². The summed E-state index contributed by atoms with van der Waals surface area (Å²) in [6.45, 7) is 0. The van der Waals surface area contributed by atoms with Crippen molar-refractivity contribution in [2.75, 3.05) is 5.75 Å². The molecule has 0 fully saturated rings. The van der Waals surface area contributed by atoms with Crippen molar-refractivity contribution in [2.45, 2.75) is 18.6 Å². The van der Waals surface area contributed by atoms with Gasteiger partial charge in [-0.2, -0.15) is 12.6 Å². The molecule has 2 rings (SSSR count). The second-order valence-corrected chi connectivity index (χ2v) is 4.69. The zero-order valence-corrected chi connectivity index (χ0v) is 10.7. The first-order valence-electron chi connectivity index (χ1n) is 5.82. The molecule has 0 aliphatic heterocycles. The van der Waals surface area contributed by atoms with Crippen LogP contribution in [0, 0.1) is 0 Å². The van der Waals surface area contributed by atoms with Crippen molar-refractivity contribution in [3.8, 4) is 5.75 Å². The molecule has 4 heteroatoms. The molecule has 3 nitrogen and oxygen atoms in total. The number of phenols is 1. The fourth-order valence-corrected chi connectivity index (χ4v) is 2.33. The van der Waals surface area contributed by atoms with E-state index >= 15 is 0 Å². The Balaban J connectivity index is 2.48. The molecule has 2 atom stereocenters. The highest BCUT2D eigenvalue weighted by Crippen LogP contribution is 2.32. The fraction of sp³-hybridized carbons (Fsp3) is 0.286. The average molecular weight is 264 g/mol. The van der Waals surface area contributed by atoms with Gasteiger partial charge in [0, 0.05) is 5.39 Å². The van der Waals surface area contributed by atoms with E-state index in [1.807, 2.05) is 18.2 Å². The Kier molecular flexibility index (Phi) is 4.11. The smallest absolute Gasteiger partial charge is 0.123 e. The number of aliphatic hydroxyl groups is 2. The van der Waals surface area contributed by atoms with Gasteiger partial charge in [-0.3, -0.25) is 0 Å². The van der Waals surface area contributed by atoms with Crippen LogP contribution in [0.25, 0.3) is 10.8 Å². The van der Waals surface area contributed by atoms with Crippen LogP contribution in [0.3, 0.4) is 0 Å². The molecule has 3 N–H and O–H groups in total. The molecule has 96 valence electrons. The number of hydrogen-bond acceptors (Lipinski definition) is 4. The molecule has 0 heterocycles. The van der Waals surface area contributed by atoms with Crippen LogP contribution in [0.1, 0.15) is 18.1 Å². The molecule has 2 aromatic rings. The maximum atomic E-state index is 10.1. The van der Waals surface area contributed by atoms with Crippen molar-refractivity contribution < 1.29 is 15.3 Å². The number of rotatable bonds is 4. The summed E-state index contributed by atoms with van der Waals surface area (Å²) in [6.07, 6.45) is -1.41. The summed E-state index contributed by atoms with van der Waals surface area (Å²) in [6, 6.07) is 10.4. The summed E-state index contributed by atoms with van der Waals surface area (Å²) >= 11 is 4.05. The quantitative estimate of drug-likeness (QED) is 0.641. The second kappa shape index (κ2) is 5.61. The van der Waals surface area contributed by atoms with Crippen LogP contribution in [-0.2, 0) is 0 Å². The number of fused-ring (bicyclic) bond motifs is 1. The van der Waals surface area contributed by atoms with E-state index in [-0.39, 0.29) is 5.75 Å². The number of hydrogen-bond donors (Lipinski definition) is 4. The van der Waals surface area contributed by atoms with Gasteiger partial charge >= 0.3 is 0 Å². The highest BCUT2D eigenvalue weighted by Gasteiger charge is 2.20. The lowest BCUT2D eigenvalue weighted by molar-refractivity contribution is 0.0181. The van der Waals surface area contributed by atoms with Gasteiger partial charge in [-0.05, 0) is 29.2 Å². The first-order valence-corrected chi connectivity index (χ1v) is 6.46. The van der Waals surface area contributed by atoms with E-state index in [2.05, 4.69) is 12.6 Å². The predicted octanol–water partition coefficient (Wildman–Crippen LogP) is 2.26. The van der Waals surface area contributed by atoms with E-state index in [4.69, 9.17) is 0 Å². The third-order valence-corrected chi connectivity index (χ3v) is 3.30. The minimum Gasteiger partial charge on any atom is -0.507 e. The van der Waals surface area contributed by atoms with Gasteiger partial charge in [0.1, 0.15) is 11.9 Å². The predicted molar refractivity (Wildman–Crippen MR) is 75.0 cm³/mol. The fourth-order valence-electron chi connectivity index (χ4n) is 2.06. The molecule has 2 aromatic carbocycles. The van der Waals surface area contributed by atoms with E-state index < -0.39 is 12.2 Å². The van der Waals surface area contributed by atoms with Gasteiger partial charge in [0.2, 0.25) is 0 Å². The van der Waals surface area contributed by atoms with Crippen molar-refractivity contribution in [3.63, 3.8) is 0 Å². The number of aromatic hydroxyl groups is 1. The van der Waals surface area contributed by atoms with Crippen molar-refractivity contribution in [3.05, 3.63) is 42.0 Å². The van der Waals surface area contributed by atoms with Crippen LogP contribution in [0.4, 0.5) is 0 Å². The van der Waals surface area contributed by atoms with Crippen molar-refractivity contribution in [2.24, 2.45) is 0 Å². The van der Waals surface area contributed by atoms with E-state index in [1.54, 1.807) is 12.1 Å². The Hall–Kier alpha value is -1.23. The highest BCUT2D eigenvalue weighted by atomic mass is 32.1. The first-order chi connectivity index (χ1) is 8.65. The Morgan fingerprint density at radius 1 is 1.00 bits per heavy atom. The summed E-state index contributed by atoms with van der Waals surface area (Å²) in [4.78, 5) is 0. The van der Waals surface area contributed by atoms with E-state index in [9.17, 15) is 15.3 Å². The molecule has 0 spiro atoms.